The molecular formula is C17H34IN5O2. The van der Waals surface area contributed by atoms with Crippen molar-refractivity contribution in [1.82, 2.24) is 20.0 Å². The summed E-state index contributed by atoms with van der Waals surface area (Å²) in [7, 11) is 2.15. The second-order valence-corrected chi connectivity index (χ2v) is 6.99. The summed E-state index contributed by atoms with van der Waals surface area (Å²) in [6, 6.07) is 0.634. The molecule has 7 nitrogen and oxygen atoms in total. The summed E-state index contributed by atoms with van der Waals surface area (Å²) in [5.41, 5.74) is 0. The van der Waals surface area contributed by atoms with Crippen LogP contribution in [0.25, 0.3) is 0 Å². The van der Waals surface area contributed by atoms with Gasteiger partial charge in [-0.1, -0.05) is 0 Å². The maximum atomic E-state index is 5.84. The first-order valence-electron chi connectivity index (χ1n) is 9.41. The fourth-order valence-corrected chi connectivity index (χ4v) is 3.77. The molecule has 0 spiro atoms. The molecule has 3 fully saturated rings. The third kappa shape index (κ3) is 6.20. The smallest absolute Gasteiger partial charge is 0.194 e. The van der Waals surface area contributed by atoms with E-state index in [2.05, 4.69) is 34.0 Å². The molecule has 2 atom stereocenters. The molecule has 25 heavy (non-hydrogen) atoms. The molecule has 1 N–H and O–H groups in total. The molecule has 3 aliphatic rings. The standard InChI is InChI=1S/C17H33N5O2.HI/c1-3-18-17(19-12-16-14-20(2)6-11-24-16)22-5-4-15(13-22)21-7-9-23-10-8-21;/h15-16H,3-14H2,1-2H3,(H,18,19);1H. The normalized spacial score (nSPS) is 29.5. The molecular weight excluding hydrogens is 433 g/mol. The molecule has 0 saturated carbocycles. The van der Waals surface area contributed by atoms with E-state index in [1.807, 2.05) is 0 Å². The Morgan fingerprint density at radius 2 is 1.92 bits per heavy atom. The van der Waals surface area contributed by atoms with E-state index in [0.29, 0.717) is 6.04 Å². The molecule has 0 radical (unpaired) electrons. The van der Waals surface area contributed by atoms with Gasteiger partial charge in [0.2, 0.25) is 0 Å². The van der Waals surface area contributed by atoms with Crippen molar-refractivity contribution in [3.63, 3.8) is 0 Å². The number of nitrogens with zero attached hydrogens (tertiary/aromatic N) is 4. The van der Waals surface area contributed by atoms with Crippen LogP contribution in [0.4, 0.5) is 0 Å². The van der Waals surface area contributed by atoms with Crippen LogP contribution in [0.5, 0.6) is 0 Å². The Labute approximate surface area is 169 Å². The van der Waals surface area contributed by atoms with E-state index in [4.69, 9.17) is 14.5 Å². The lowest BCUT2D eigenvalue weighted by molar-refractivity contribution is -0.0137. The van der Waals surface area contributed by atoms with E-state index in [-0.39, 0.29) is 30.1 Å². The molecule has 0 bridgehead atoms. The predicted molar refractivity (Wildman–Crippen MR) is 111 cm³/mol. The van der Waals surface area contributed by atoms with Gasteiger partial charge in [-0.3, -0.25) is 9.89 Å². The van der Waals surface area contributed by atoms with Crippen LogP contribution in [-0.2, 0) is 9.47 Å². The fourth-order valence-electron chi connectivity index (χ4n) is 3.77. The zero-order chi connectivity index (χ0) is 16.8. The molecule has 0 aromatic rings. The summed E-state index contributed by atoms with van der Waals surface area (Å²) in [5, 5.41) is 3.46. The monoisotopic (exact) mass is 467 g/mol. The average Bonchev–Trinajstić information content (AvgIpc) is 3.09. The third-order valence-corrected chi connectivity index (χ3v) is 5.15. The fraction of sp³-hybridized carbons (Fsp3) is 0.941. The topological polar surface area (TPSA) is 52.6 Å². The summed E-state index contributed by atoms with van der Waals surface area (Å²) in [6.45, 7) is 12.6. The van der Waals surface area contributed by atoms with Crippen molar-refractivity contribution < 1.29 is 9.47 Å². The number of ether oxygens (including phenoxy) is 2. The highest BCUT2D eigenvalue weighted by Gasteiger charge is 2.30. The van der Waals surface area contributed by atoms with Gasteiger partial charge >= 0.3 is 0 Å². The summed E-state index contributed by atoms with van der Waals surface area (Å²) in [4.78, 5) is 12.2. The average molecular weight is 467 g/mol. The maximum absolute atomic E-state index is 5.84. The molecule has 0 aromatic heterocycles. The molecule has 3 saturated heterocycles. The molecule has 8 heteroatoms. The quantitative estimate of drug-likeness (QED) is 0.365. The Morgan fingerprint density at radius 3 is 2.64 bits per heavy atom. The zero-order valence-electron chi connectivity index (χ0n) is 15.7. The van der Waals surface area contributed by atoms with E-state index < -0.39 is 0 Å². The lowest BCUT2D eigenvalue weighted by atomic mass is 10.2. The minimum Gasteiger partial charge on any atom is -0.379 e. The Balaban J connectivity index is 0.00000225. The van der Waals surface area contributed by atoms with E-state index in [0.717, 1.165) is 78.1 Å². The number of likely N-dealkylation sites (tertiary alicyclic amines) is 1. The van der Waals surface area contributed by atoms with Gasteiger partial charge in [-0.2, -0.15) is 0 Å². The van der Waals surface area contributed by atoms with Gasteiger partial charge in [0, 0.05) is 51.9 Å². The van der Waals surface area contributed by atoms with E-state index >= 15 is 0 Å². The van der Waals surface area contributed by atoms with Crippen LogP contribution in [-0.4, -0.2) is 112 Å². The number of rotatable bonds is 4. The van der Waals surface area contributed by atoms with Crippen molar-refractivity contribution in [2.24, 2.45) is 4.99 Å². The van der Waals surface area contributed by atoms with Crippen molar-refractivity contribution in [3.05, 3.63) is 0 Å². The van der Waals surface area contributed by atoms with E-state index in [9.17, 15) is 0 Å². The molecule has 0 aromatic carbocycles. The van der Waals surface area contributed by atoms with Gasteiger partial charge in [-0.15, -0.1) is 24.0 Å². The molecule has 0 aliphatic carbocycles. The van der Waals surface area contributed by atoms with Crippen LogP contribution in [0, 0.1) is 0 Å². The van der Waals surface area contributed by atoms with Gasteiger partial charge in [0.25, 0.3) is 0 Å². The number of halogens is 1. The molecule has 3 aliphatic heterocycles. The van der Waals surface area contributed by atoms with Crippen LogP contribution in [0.2, 0.25) is 0 Å². The van der Waals surface area contributed by atoms with E-state index in [1.165, 1.54) is 6.42 Å². The summed E-state index contributed by atoms with van der Waals surface area (Å²) in [6.07, 6.45) is 1.43. The van der Waals surface area contributed by atoms with Gasteiger partial charge in [-0.05, 0) is 20.4 Å². The van der Waals surface area contributed by atoms with Crippen molar-refractivity contribution >= 4 is 29.9 Å². The number of aliphatic imine (C=N–C) groups is 1. The number of nitrogens with one attached hydrogen (secondary N) is 1. The number of hydrogen-bond acceptors (Lipinski definition) is 5. The van der Waals surface area contributed by atoms with Crippen molar-refractivity contribution in [1.29, 1.82) is 0 Å². The molecule has 3 rings (SSSR count). The lowest BCUT2D eigenvalue weighted by Gasteiger charge is -2.32. The summed E-state index contributed by atoms with van der Waals surface area (Å²) >= 11 is 0. The first-order chi connectivity index (χ1) is 11.8. The highest BCUT2D eigenvalue weighted by molar-refractivity contribution is 14.0. The Morgan fingerprint density at radius 1 is 1.12 bits per heavy atom. The molecule has 0 amide bonds. The van der Waals surface area contributed by atoms with Gasteiger partial charge in [-0.25, -0.2) is 0 Å². The van der Waals surface area contributed by atoms with Crippen LogP contribution >= 0.6 is 24.0 Å². The minimum atomic E-state index is 0. The summed E-state index contributed by atoms with van der Waals surface area (Å²) < 4.78 is 11.3. The first-order valence-corrected chi connectivity index (χ1v) is 9.41. The highest BCUT2D eigenvalue weighted by atomic mass is 127. The minimum absolute atomic E-state index is 0. The van der Waals surface area contributed by atoms with Crippen molar-refractivity contribution in [2.45, 2.75) is 25.5 Å². The van der Waals surface area contributed by atoms with Gasteiger partial charge in [0.1, 0.15) is 0 Å². The summed E-state index contributed by atoms with van der Waals surface area (Å²) in [5.74, 6) is 1.05. The zero-order valence-corrected chi connectivity index (χ0v) is 18.0. The maximum Gasteiger partial charge on any atom is 0.194 e. The van der Waals surface area contributed by atoms with E-state index in [1.54, 1.807) is 0 Å². The number of guanidine groups is 1. The predicted octanol–water partition coefficient (Wildman–Crippen LogP) is 0.307. The van der Waals surface area contributed by atoms with Crippen molar-refractivity contribution in [2.75, 3.05) is 79.2 Å². The Kier molecular flexibility index (Phi) is 9.18. The second-order valence-electron chi connectivity index (χ2n) is 6.99. The molecule has 146 valence electrons. The van der Waals surface area contributed by atoms with Crippen molar-refractivity contribution in [3.8, 4) is 0 Å². The number of likely N-dealkylation sites (N-methyl/N-ethyl adjacent to an activating group) is 1. The van der Waals surface area contributed by atoms with Crippen LogP contribution in [0.1, 0.15) is 13.3 Å². The Bertz CT molecular complexity index is 420. The van der Waals surface area contributed by atoms with Gasteiger partial charge < -0.3 is 24.6 Å². The number of hydrogen-bond donors (Lipinski definition) is 1. The first kappa shape index (κ1) is 21.1. The largest absolute Gasteiger partial charge is 0.379 e. The van der Waals surface area contributed by atoms with Crippen LogP contribution < -0.4 is 5.32 Å². The molecule has 3 heterocycles. The SMILES string of the molecule is CCNC(=NCC1CN(C)CCO1)N1CCC(N2CCOCC2)C1.I. The van der Waals surface area contributed by atoms with Gasteiger partial charge in [0.05, 0.1) is 32.5 Å². The van der Waals surface area contributed by atoms with Crippen LogP contribution in [0.3, 0.4) is 0 Å². The van der Waals surface area contributed by atoms with Crippen LogP contribution in [0.15, 0.2) is 4.99 Å². The van der Waals surface area contributed by atoms with Gasteiger partial charge in [0.15, 0.2) is 5.96 Å². The highest BCUT2D eigenvalue weighted by Crippen LogP contribution is 2.17. The third-order valence-electron chi connectivity index (χ3n) is 5.15. The Hall–Kier alpha value is -0.160. The lowest BCUT2D eigenvalue weighted by Crippen LogP contribution is -2.47. The number of morpholine rings is 2. The second kappa shape index (κ2) is 10.9. The molecule has 2 unspecified atom stereocenters.